The Bertz CT molecular complexity index is 451. The Morgan fingerprint density at radius 3 is 2.30 bits per heavy atom. The predicted molar refractivity (Wildman–Crippen MR) is 69.7 cm³/mol. The number of carboxylic acid groups (broad SMARTS) is 1. The fourth-order valence-corrected chi connectivity index (χ4v) is 1.93. The monoisotopic (exact) mass is 285 g/mol. The molecule has 1 rings (SSSR count). The van der Waals surface area contributed by atoms with Crippen molar-refractivity contribution in [2.45, 2.75) is 38.2 Å². The van der Waals surface area contributed by atoms with Gasteiger partial charge >= 0.3 is 5.97 Å². The van der Waals surface area contributed by atoms with Gasteiger partial charge in [-0.25, -0.2) is 13.6 Å². The number of rotatable bonds is 7. The molecule has 20 heavy (non-hydrogen) atoms. The number of hydrogen-bond donors (Lipinski definition) is 2. The summed E-state index contributed by atoms with van der Waals surface area (Å²) in [6, 6.07) is 7.25. The lowest BCUT2D eigenvalue weighted by Crippen LogP contribution is -2.44. The fourth-order valence-electron chi connectivity index (χ4n) is 1.93. The van der Waals surface area contributed by atoms with Crippen LogP contribution in [0, 0.1) is 0 Å². The second kappa shape index (κ2) is 7.57. The van der Waals surface area contributed by atoms with Gasteiger partial charge in [0.1, 0.15) is 6.04 Å². The van der Waals surface area contributed by atoms with Gasteiger partial charge in [0, 0.05) is 6.42 Å². The quantitative estimate of drug-likeness (QED) is 0.808. The zero-order valence-electron chi connectivity index (χ0n) is 11.1. The largest absolute Gasteiger partial charge is 0.480 e. The maximum atomic E-state index is 12.3. The van der Waals surface area contributed by atoms with Crippen LogP contribution in [0.3, 0.4) is 0 Å². The summed E-state index contributed by atoms with van der Waals surface area (Å²) in [5, 5.41) is 11.0. The van der Waals surface area contributed by atoms with Crippen LogP contribution in [0.5, 0.6) is 0 Å². The summed E-state index contributed by atoms with van der Waals surface area (Å²) < 4.78 is 24.6. The minimum atomic E-state index is -2.78. The first-order chi connectivity index (χ1) is 9.45. The van der Waals surface area contributed by atoms with E-state index in [0.717, 1.165) is 5.56 Å². The molecule has 4 nitrogen and oxygen atoms in total. The van der Waals surface area contributed by atoms with Gasteiger partial charge in [0.2, 0.25) is 12.3 Å². The van der Waals surface area contributed by atoms with Crippen LogP contribution in [-0.4, -0.2) is 29.5 Å². The molecule has 2 unspecified atom stereocenters. The van der Waals surface area contributed by atoms with Crippen molar-refractivity contribution in [2.75, 3.05) is 0 Å². The van der Waals surface area contributed by atoms with Gasteiger partial charge in [0.25, 0.3) is 0 Å². The third kappa shape index (κ3) is 4.60. The van der Waals surface area contributed by atoms with Crippen LogP contribution in [0.15, 0.2) is 30.3 Å². The van der Waals surface area contributed by atoms with Crippen molar-refractivity contribution in [3.63, 3.8) is 0 Å². The average molecular weight is 285 g/mol. The summed E-state index contributed by atoms with van der Waals surface area (Å²) in [5.74, 6) is -2.55. The van der Waals surface area contributed by atoms with Gasteiger partial charge in [0.05, 0.1) is 5.92 Å². The molecule has 6 heteroatoms. The van der Waals surface area contributed by atoms with Crippen LogP contribution in [0.25, 0.3) is 0 Å². The SMILES string of the molecule is CCC(C(=O)NC(CC(F)F)C(=O)O)c1ccccc1. The molecule has 0 saturated carbocycles. The molecule has 1 aromatic rings. The van der Waals surface area contributed by atoms with E-state index in [2.05, 4.69) is 5.32 Å². The van der Waals surface area contributed by atoms with E-state index in [-0.39, 0.29) is 0 Å². The number of benzene rings is 1. The van der Waals surface area contributed by atoms with Crippen molar-refractivity contribution in [3.05, 3.63) is 35.9 Å². The van der Waals surface area contributed by atoms with Crippen molar-refractivity contribution in [1.29, 1.82) is 0 Å². The molecule has 0 aliphatic carbocycles. The molecule has 2 atom stereocenters. The van der Waals surface area contributed by atoms with Crippen LogP contribution < -0.4 is 5.32 Å². The van der Waals surface area contributed by atoms with Gasteiger partial charge in [-0.2, -0.15) is 0 Å². The number of amides is 1. The highest BCUT2D eigenvalue weighted by Crippen LogP contribution is 2.20. The lowest BCUT2D eigenvalue weighted by Gasteiger charge is -2.19. The van der Waals surface area contributed by atoms with Gasteiger partial charge in [0.15, 0.2) is 0 Å². The van der Waals surface area contributed by atoms with Crippen LogP contribution in [-0.2, 0) is 9.59 Å². The second-order valence-corrected chi connectivity index (χ2v) is 4.40. The van der Waals surface area contributed by atoms with E-state index in [4.69, 9.17) is 5.11 Å². The summed E-state index contributed by atoms with van der Waals surface area (Å²) in [6.07, 6.45) is -3.23. The summed E-state index contributed by atoms with van der Waals surface area (Å²) >= 11 is 0. The topological polar surface area (TPSA) is 66.4 Å². The lowest BCUT2D eigenvalue weighted by atomic mass is 9.95. The molecule has 0 bridgehead atoms. The highest BCUT2D eigenvalue weighted by Gasteiger charge is 2.27. The van der Waals surface area contributed by atoms with Gasteiger partial charge in [-0.1, -0.05) is 37.3 Å². The molecular formula is C14H17F2NO3. The number of hydrogen-bond acceptors (Lipinski definition) is 2. The van der Waals surface area contributed by atoms with E-state index in [0.29, 0.717) is 6.42 Å². The van der Waals surface area contributed by atoms with E-state index < -0.39 is 36.7 Å². The number of carbonyl (C=O) groups is 2. The molecule has 0 spiro atoms. The van der Waals surface area contributed by atoms with Gasteiger partial charge in [-0.3, -0.25) is 4.79 Å². The van der Waals surface area contributed by atoms with Gasteiger partial charge < -0.3 is 10.4 Å². The summed E-state index contributed by atoms with van der Waals surface area (Å²) in [5.41, 5.74) is 0.730. The highest BCUT2D eigenvalue weighted by molar-refractivity contribution is 5.88. The Kier molecular flexibility index (Phi) is 6.09. The third-order valence-electron chi connectivity index (χ3n) is 2.96. The van der Waals surface area contributed by atoms with Crippen molar-refractivity contribution in [3.8, 4) is 0 Å². The minimum Gasteiger partial charge on any atom is -0.480 e. The molecule has 0 aliphatic rings. The maximum Gasteiger partial charge on any atom is 0.326 e. The van der Waals surface area contributed by atoms with E-state index in [1.54, 1.807) is 37.3 Å². The fraction of sp³-hybridized carbons (Fsp3) is 0.429. The molecule has 1 amide bonds. The number of nitrogens with one attached hydrogen (secondary N) is 1. The summed E-state index contributed by atoms with van der Waals surface area (Å²) in [4.78, 5) is 22.9. The Morgan fingerprint density at radius 2 is 1.85 bits per heavy atom. The number of alkyl halides is 2. The zero-order valence-corrected chi connectivity index (χ0v) is 11.1. The molecule has 0 aliphatic heterocycles. The number of carbonyl (C=O) groups excluding carboxylic acids is 1. The molecule has 0 heterocycles. The minimum absolute atomic E-state index is 0.455. The number of carboxylic acids is 1. The van der Waals surface area contributed by atoms with Crippen molar-refractivity contribution in [2.24, 2.45) is 0 Å². The van der Waals surface area contributed by atoms with Gasteiger partial charge in [-0.05, 0) is 12.0 Å². The normalized spacial score (nSPS) is 13.8. The lowest BCUT2D eigenvalue weighted by molar-refractivity contribution is -0.143. The van der Waals surface area contributed by atoms with E-state index in [9.17, 15) is 18.4 Å². The zero-order chi connectivity index (χ0) is 15.1. The Labute approximate surface area is 115 Å². The van der Waals surface area contributed by atoms with Crippen molar-refractivity contribution >= 4 is 11.9 Å². The Morgan fingerprint density at radius 1 is 1.25 bits per heavy atom. The first kappa shape index (κ1) is 16.1. The van der Waals surface area contributed by atoms with Crippen LogP contribution >= 0.6 is 0 Å². The van der Waals surface area contributed by atoms with E-state index in [1.807, 2.05) is 0 Å². The molecular weight excluding hydrogens is 268 g/mol. The van der Waals surface area contributed by atoms with Crippen LogP contribution in [0.1, 0.15) is 31.2 Å². The molecule has 2 N–H and O–H groups in total. The Balaban J connectivity index is 2.78. The van der Waals surface area contributed by atoms with Gasteiger partial charge in [-0.15, -0.1) is 0 Å². The summed E-state index contributed by atoms with van der Waals surface area (Å²) in [6.45, 7) is 1.78. The predicted octanol–water partition coefficient (Wildman–Crippen LogP) is 2.40. The smallest absolute Gasteiger partial charge is 0.326 e. The molecule has 110 valence electrons. The van der Waals surface area contributed by atoms with Crippen LogP contribution in [0.4, 0.5) is 8.78 Å². The van der Waals surface area contributed by atoms with Crippen molar-refractivity contribution < 1.29 is 23.5 Å². The first-order valence-electron chi connectivity index (χ1n) is 6.32. The second-order valence-electron chi connectivity index (χ2n) is 4.40. The Hall–Kier alpha value is -1.98. The average Bonchev–Trinajstić information content (AvgIpc) is 2.39. The van der Waals surface area contributed by atoms with Crippen LogP contribution in [0.2, 0.25) is 0 Å². The number of halogens is 2. The van der Waals surface area contributed by atoms with Crippen molar-refractivity contribution in [1.82, 2.24) is 5.32 Å². The molecule has 0 fully saturated rings. The van der Waals surface area contributed by atoms with E-state index >= 15 is 0 Å². The molecule has 0 saturated heterocycles. The standard InChI is InChI=1S/C14H17F2NO3/c1-2-10(9-6-4-3-5-7-9)13(18)17-11(14(19)20)8-12(15)16/h3-7,10-12H,2,8H2,1H3,(H,17,18)(H,19,20). The highest BCUT2D eigenvalue weighted by atomic mass is 19.3. The first-order valence-corrected chi connectivity index (χ1v) is 6.32. The summed E-state index contributed by atoms with van der Waals surface area (Å²) in [7, 11) is 0. The molecule has 0 aromatic heterocycles. The third-order valence-corrected chi connectivity index (χ3v) is 2.96. The maximum absolute atomic E-state index is 12.3. The number of aliphatic carboxylic acids is 1. The molecule has 0 radical (unpaired) electrons. The molecule has 1 aromatic carbocycles. The van der Waals surface area contributed by atoms with E-state index in [1.165, 1.54) is 0 Å².